The lowest BCUT2D eigenvalue weighted by Gasteiger charge is -2.08. The number of aromatic nitrogens is 1. The van der Waals surface area contributed by atoms with Gasteiger partial charge in [0.05, 0.1) is 17.8 Å². The first-order valence-corrected chi connectivity index (χ1v) is 9.39. The monoisotopic (exact) mass is 383 g/mol. The maximum atomic E-state index is 12.6. The molecular formula is C18H20F3N3OS. The van der Waals surface area contributed by atoms with Crippen molar-refractivity contribution in [2.45, 2.75) is 32.0 Å². The van der Waals surface area contributed by atoms with Crippen LogP contribution in [0.1, 0.15) is 30.5 Å². The summed E-state index contributed by atoms with van der Waals surface area (Å²) in [5, 5.41) is 8.59. The summed E-state index contributed by atoms with van der Waals surface area (Å²) in [5.41, 5.74) is 0.665. The molecule has 140 valence electrons. The fourth-order valence-corrected chi connectivity index (χ4v) is 3.72. The normalized spacial score (nSPS) is 17.4. The number of nitrogens with one attached hydrogen (secondary N) is 2. The van der Waals surface area contributed by atoms with Crippen LogP contribution in [0.25, 0.3) is 10.6 Å². The average molecular weight is 383 g/mol. The fraction of sp³-hybridized carbons (Fsp3) is 0.444. The van der Waals surface area contributed by atoms with Gasteiger partial charge in [0.1, 0.15) is 5.01 Å². The lowest BCUT2D eigenvalue weighted by atomic mass is 10.0. The minimum atomic E-state index is -4.34. The molecule has 2 aromatic rings. The van der Waals surface area contributed by atoms with Crippen LogP contribution < -0.4 is 10.6 Å². The zero-order valence-corrected chi connectivity index (χ0v) is 14.9. The largest absolute Gasteiger partial charge is 0.416 e. The van der Waals surface area contributed by atoms with Gasteiger partial charge in [0.25, 0.3) is 0 Å². The molecule has 1 unspecified atom stereocenters. The zero-order chi connectivity index (χ0) is 18.6. The summed E-state index contributed by atoms with van der Waals surface area (Å²) < 4.78 is 37.8. The van der Waals surface area contributed by atoms with E-state index in [0.717, 1.165) is 38.1 Å². The van der Waals surface area contributed by atoms with E-state index in [1.54, 1.807) is 0 Å². The molecule has 0 aliphatic carbocycles. The Morgan fingerprint density at radius 1 is 1.31 bits per heavy atom. The van der Waals surface area contributed by atoms with Gasteiger partial charge in [-0.15, -0.1) is 11.3 Å². The topological polar surface area (TPSA) is 54.0 Å². The van der Waals surface area contributed by atoms with Crippen LogP contribution in [-0.2, 0) is 17.5 Å². The number of halogens is 3. The van der Waals surface area contributed by atoms with Crippen molar-refractivity contribution in [3.8, 4) is 10.6 Å². The average Bonchev–Trinajstić information content (AvgIpc) is 3.29. The summed E-state index contributed by atoms with van der Waals surface area (Å²) in [5.74, 6) is 0.576. The van der Waals surface area contributed by atoms with E-state index >= 15 is 0 Å². The Morgan fingerprint density at radius 3 is 2.73 bits per heavy atom. The van der Waals surface area contributed by atoms with Gasteiger partial charge in [-0.25, -0.2) is 4.98 Å². The molecule has 0 radical (unpaired) electrons. The minimum Gasteiger partial charge on any atom is -0.350 e. The third kappa shape index (κ3) is 5.04. The molecule has 3 rings (SSSR count). The Hall–Kier alpha value is -1.93. The molecule has 1 fully saturated rings. The third-order valence-electron chi connectivity index (χ3n) is 4.42. The number of hydrogen-bond acceptors (Lipinski definition) is 4. The van der Waals surface area contributed by atoms with Crippen LogP contribution in [0.4, 0.5) is 13.2 Å². The van der Waals surface area contributed by atoms with E-state index in [4.69, 9.17) is 0 Å². The first kappa shape index (κ1) is 18.8. The molecule has 0 bridgehead atoms. The van der Waals surface area contributed by atoms with E-state index in [9.17, 15) is 18.0 Å². The molecule has 0 saturated carbocycles. The van der Waals surface area contributed by atoms with Gasteiger partial charge in [-0.1, -0.05) is 12.1 Å². The van der Waals surface area contributed by atoms with Crippen LogP contribution in [0, 0.1) is 5.92 Å². The number of hydrogen-bond donors (Lipinski definition) is 2. The van der Waals surface area contributed by atoms with E-state index < -0.39 is 11.7 Å². The molecule has 4 nitrogen and oxygen atoms in total. The summed E-state index contributed by atoms with van der Waals surface area (Å²) in [6.07, 6.45) is -1.84. The van der Waals surface area contributed by atoms with Crippen molar-refractivity contribution in [2.24, 2.45) is 5.92 Å². The van der Waals surface area contributed by atoms with Crippen LogP contribution >= 0.6 is 11.3 Å². The van der Waals surface area contributed by atoms with Gasteiger partial charge in [-0.2, -0.15) is 13.2 Å². The van der Waals surface area contributed by atoms with Crippen LogP contribution in [0.2, 0.25) is 0 Å². The van der Waals surface area contributed by atoms with Crippen molar-refractivity contribution in [2.75, 3.05) is 13.1 Å². The highest BCUT2D eigenvalue weighted by Crippen LogP contribution is 2.31. The molecule has 1 atom stereocenters. The first-order valence-electron chi connectivity index (χ1n) is 8.51. The Labute approximate surface area is 153 Å². The number of amides is 1. The van der Waals surface area contributed by atoms with Crippen molar-refractivity contribution in [3.63, 3.8) is 0 Å². The predicted molar refractivity (Wildman–Crippen MR) is 94.6 cm³/mol. The number of carbonyl (C=O) groups is 1. The molecule has 1 aliphatic rings. The molecule has 2 N–H and O–H groups in total. The van der Waals surface area contributed by atoms with Gasteiger partial charge in [0, 0.05) is 17.4 Å². The van der Waals surface area contributed by atoms with Crippen molar-refractivity contribution in [1.29, 1.82) is 0 Å². The number of alkyl halides is 3. The quantitative estimate of drug-likeness (QED) is 0.797. The van der Waals surface area contributed by atoms with Gasteiger partial charge in [0.15, 0.2) is 0 Å². The van der Waals surface area contributed by atoms with E-state index in [0.29, 0.717) is 35.1 Å². The first-order chi connectivity index (χ1) is 12.4. The van der Waals surface area contributed by atoms with Crippen molar-refractivity contribution < 1.29 is 18.0 Å². The van der Waals surface area contributed by atoms with Crippen molar-refractivity contribution in [1.82, 2.24) is 15.6 Å². The maximum Gasteiger partial charge on any atom is 0.416 e. The smallest absolute Gasteiger partial charge is 0.350 e. The Balaban J connectivity index is 1.50. The molecule has 1 saturated heterocycles. The van der Waals surface area contributed by atoms with Gasteiger partial charge < -0.3 is 10.6 Å². The minimum absolute atomic E-state index is 0.000908. The number of nitrogens with zero attached hydrogens (tertiary/aromatic N) is 1. The highest BCUT2D eigenvalue weighted by molar-refractivity contribution is 7.13. The fourth-order valence-electron chi connectivity index (χ4n) is 2.90. The Bertz CT molecular complexity index is 737. The molecular weight excluding hydrogens is 363 g/mol. The highest BCUT2D eigenvalue weighted by Gasteiger charge is 2.30. The molecule has 1 aliphatic heterocycles. The van der Waals surface area contributed by atoms with E-state index in [1.807, 2.05) is 5.38 Å². The molecule has 26 heavy (non-hydrogen) atoms. The molecule has 0 spiro atoms. The van der Waals surface area contributed by atoms with Crippen LogP contribution in [0.5, 0.6) is 0 Å². The lowest BCUT2D eigenvalue weighted by molar-refractivity contribution is -0.137. The number of rotatable bonds is 6. The van der Waals surface area contributed by atoms with E-state index in [2.05, 4.69) is 15.6 Å². The van der Waals surface area contributed by atoms with Crippen molar-refractivity contribution >= 4 is 17.2 Å². The summed E-state index contributed by atoms with van der Waals surface area (Å²) in [4.78, 5) is 16.3. The third-order valence-corrected chi connectivity index (χ3v) is 5.36. The van der Waals surface area contributed by atoms with Gasteiger partial charge in [-0.3, -0.25) is 4.79 Å². The molecule has 1 aromatic carbocycles. The summed E-state index contributed by atoms with van der Waals surface area (Å²) in [7, 11) is 0. The molecule has 1 aromatic heterocycles. The summed E-state index contributed by atoms with van der Waals surface area (Å²) in [6.45, 7) is 2.34. The second kappa shape index (κ2) is 8.18. The maximum absolute atomic E-state index is 12.6. The number of thiazole rings is 1. The van der Waals surface area contributed by atoms with Crippen LogP contribution in [0.3, 0.4) is 0 Å². The summed E-state index contributed by atoms with van der Waals surface area (Å²) in [6, 6.07) is 4.94. The Kier molecular flexibility index (Phi) is 5.93. The summed E-state index contributed by atoms with van der Waals surface area (Å²) >= 11 is 1.35. The van der Waals surface area contributed by atoms with Gasteiger partial charge >= 0.3 is 6.18 Å². The molecule has 1 amide bonds. The van der Waals surface area contributed by atoms with E-state index in [-0.39, 0.29) is 5.91 Å². The zero-order valence-electron chi connectivity index (χ0n) is 14.1. The molecule has 2 heterocycles. The lowest BCUT2D eigenvalue weighted by Crippen LogP contribution is -2.23. The molecule has 8 heteroatoms. The second-order valence-electron chi connectivity index (χ2n) is 6.39. The standard InChI is InChI=1S/C18H20F3N3OS/c19-18(20,21)14-4-2-13(3-5-14)17-24-15(11-26-17)10-23-16(25)6-1-12-7-8-22-9-12/h2-5,11-12,22H,1,6-10H2,(H,23,25). The highest BCUT2D eigenvalue weighted by atomic mass is 32.1. The second-order valence-corrected chi connectivity index (χ2v) is 7.25. The van der Waals surface area contributed by atoms with Crippen LogP contribution in [0.15, 0.2) is 29.6 Å². The predicted octanol–water partition coefficient (Wildman–Crippen LogP) is 3.83. The SMILES string of the molecule is O=C(CCC1CCNC1)NCc1csc(-c2ccc(C(F)(F)F)cc2)n1. The van der Waals surface area contributed by atoms with Crippen LogP contribution in [-0.4, -0.2) is 24.0 Å². The number of benzene rings is 1. The van der Waals surface area contributed by atoms with Gasteiger partial charge in [0.2, 0.25) is 5.91 Å². The Morgan fingerprint density at radius 2 is 2.08 bits per heavy atom. The number of carbonyl (C=O) groups excluding carboxylic acids is 1. The van der Waals surface area contributed by atoms with Gasteiger partial charge in [-0.05, 0) is 44.0 Å². The van der Waals surface area contributed by atoms with Crippen molar-refractivity contribution in [3.05, 3.63) is 40.9 Å². The van der Waals surface area contributed by atoms with E-state index in [1.165, 1.54) is 23.5 Å².